The lowest BCUT2D eigenvalue weighted by Gasteiger charge is -2.18. The van der Waals surface area contributed by atoms with E-state index in [9.17, 15) is 18.4 Å². The molecule has 0 atom stereocenters. The van der Waals surface area contributed by atoms with E-state index in [1.54, 1.807) is 25.3 Å². The number of amides is 1. The molecule has 0 unspecified atom stereocenters. The summed E-state index contributed by atoms with van der Waals surface area (Å²) >= 11 is 0. The molecule has 0 saturated heterocycles. The molecule has 0 bridgehead atoms. The monoisotopic (exact) mass is 452 g/mol. The van der Waals surface area contributed by atoms with Crippen molar-refractivity contribution >= 4 is 22.8 Å². The number of anilines is 1. The molecule has 0 spiro atoms. The minimum absolute atomic E-state index is 0.171. The molecular formula is C23H22F2N6O2. The Morgan fingerprint density at radius 1 is 1.15 bits per heavy atom. The van der Waals surface area contributed by atoms with E-state index in [0.717, 1.165) is 11.0 Å². The number of hydrogen-bond acceptors (Lipinski definition) is 5. The zero-order chi connectivity index (χ0) is 23.4. The number of halogens is 2. The molecule has 33 heavy (non-hydrogen) atoms. The Kier molecular flexibility index (Phi) is 6.16. The van der Waals surface area contributed by atoms with Crippen molar-refractivity contribution in [3.05, 3.63) is 88.2 Å². The fourth-order valence-corrected chi connectivity index (χ4v) is 3.33. The van der Waals surface area contributed by atoms with Crippen LogP contribution in [0.25, 0.3) is 11.0 Å². The fraction of sp³-hybridized carbons (Fsp3) is 0.217. The third kappa shape index (κ3) is 5.05. The zero-order valence-electron chi connectivity index (χ0n) is 17.8. The first kappa shape index (κ1) is 22.1. The quantitative estimate of drug-likeness (QED) is 0.381. The molecule has 10 heteroatoms. The number of fused-ring (bicyclic) bond motifs is 1. The van der Waals surface area contributed by atoms with Crippen LogP contribution in [-0.4, -0.2) is 32.0 Å². The molecular weight excluding hydrogens is 430 g/mol. The smallest absolute Gasteiger partial charge is 0.293 e. The molecule has 0 fully saturated rings. The molecule has 1 aromatic carbocycles. The highest BCUT2D eigenvalue weighted by Crippen LogP contribution is 2.27. The number of aromatic nitrogens is 4. The van der Waals surface area contributed by atoms with E-state index in [4.69, 9.17) is 0 Å². The summed E-state index contributed by atoms with van der Waals surface area (Å²) in [5, 5.41) is 5.15. The number of H-pyrrole nitrogens is 1. The number of nitrogens with zero attached hydrogens (tertiary/aromatic N) is 3. The number of pyridine rings is 1. The Labute approximate surface area is 187 Å². The van der Waals surface area contributed by atoms with Gasteiger partial charge in [-0.25, -0.2) is 9.97 Å². The zero-order valence-corrected chi connectivity index (χ0v) is 17.8. The molecule has 0 radical (unpaired) electrons. The lowest BCUT2D eigenvalue weighted by molar-refractivity contribution is -0.121. The average Bonchev–Trinajstić information content (AvgIpc) is 3.28. The summed E-state index contributed by atoms with van der Waals surface area (Å²) in [6, 6.07) is 12.8. The summed E-state index contributed by atoms with van der Waals surface area (Å²) in [4.78, 5) is 36.6. The van der Waals surface area contributed by atoms with Gasteiger partial charge in [-0.1, -0.05) is 30.3 Å². The van der Waals surface area contributed by atoms with Gasteiger partial charge in [-0.2, -0.15) is 8.78 Å². The number of nitrogens with one attached hydrogen (secondary N) is 3. The van der Waals surface area contributed by atoms with E-state index in [1.165, 1.54) is 35.0 Å². The molecule has 3 aromatic heterocycles. The van der Waals surface area contributed by atoms with Crippen molar-refractivity contribution in [3.8, 4) is 0 Å². The highest BCUT2D eigenvalue weighted by Gasteiger charge is 2.31. The summed E-state index contributed by atoms with van der Waals surface area (Å²) in [5.74, 6) is -3.86. The number of aryl methyl sites for hydroxylation is 1. The molecule has 170 valence electrons. The molecule has 1 amide bonds. The van der Waals surface area contributed by atoms with Crippen molar-refractivity contribution < 1.29 is 13.6 Å². The van der Waals surface area contributed by atoms with Crippen LogP contribution in [0.2, 0.25) is 0 Å². The maximum Gasteiger partial charge on any atom is 0.293 e. The molecule has 3 N–H and O–H groups in total. The number of hydrogen-bond donors (Lipinski definition) is 3. The summed E-state index contributed by atoms with van der Waals surface area (Å²) in [6.45, 7) is 0.726. The van der Waals surface area contributed by atoms with Crippen LogP contribution in [0.3, 0.4) is 0 Å². The lowest BCUT2D eigenvalue weighted by Crippen LogP contribution is -2.35. The van der Waals surface area contributed by atoms with Gasteiger partial charge < -0.3 is 15.6 Å². The van der Waals surface area contributed by atoms with Gasteiger partial charge in [-0.15, -0.1) is 0 Å². The van der Waals surface area contributed by atoms with Crippen molar-refractivity contribution in [1.82, 2.24) is 24.8 Å². The number of rotatable bonds is 8. The first-order valence-corrected chi connectivity index (χ1v) is 10.3. The number of aromatic amines is 1. The van der Waals surface area contributed by atoms with Gasteiger partial charge in [-0.05, 0) is 25.1 Å². The summed E-state index contributed by atoms with van der Waals surface area (Å²) in [6.07, 6.45) is 3.14. The van der Waals surface area contributed by atoms with E-state index in [0.29, 0.717) is 11.4 Å². The average molecular weight is 452 g/mol. The summed E-state index contributed by atoms with van der Waals surface area (Å²) in [7, 11) is 0. The molecule has 0 aliphatic carbocycles. The SMILES string of the molecule is Cc1cnc(NCC(F)(F)c2ccccc2)c(=O)n1CC(=O)NCc1ccc2[nH]ccc2n1. The van der Waals surface area contributed by atoms with Crippen LogP contribution >= 0.6 is 0 Å². The van der Waals surface area contributed by atoms with Gasteiger partial charge in [0.2, 0.25) is 5.91 Å². The van der Waals surface area contributed by atoms with Gasteiger partial charge in [-0.3, -0.25) is 14.2 Å². The number of benzene rings is 1. The molecule has 4 rings (SSSR count). The van der Waals surface area contributed by atoms with E-state index in [2.05, 4.69) is 25.6 Å². The summed E-state index contributed by atoms with van der Waals surface area (Å²) < 4.78 is 30.0. The predicted molar refractivity (Wildman–Crippen MR) is 120 cm³/mol. The Morgan fingerprint density at radius 2 is 1.94 bits per heavy atom. The minimum atomic E-state index is -3.20. The van der Waals surface area contributed by atoms with Gasteiger partial charge in [0.25, 0.3) is 11.5 Å². The van der Waals surface area contributed by atoms with Crippen molar-refractivity contribution in [2.45, 2.75) is 25.9 Å². The highest BCUT2D eigenvalue weighted by atomic mass is 19.3. The topological polar surface area (TPSA) is 105 Å². The van der Waals surface area contributed by atoms with Crippen LogP contribution < -0.4 is 16.2 Å². The van der Waals surface area contributed by atoms with Crippen molar-refractivity contribution in [2.75, 3.05) is 11.9 Å². The maximum absolute atomic E-state index is 14.4. The van der Waals surface area contributed by atoms with Gasteiger partial charge >= 0.3 is 0 Å². The highest BCUT2D eigenvalue weighted by molar-refractivity contribution is 5.76. The number of carbonyl (C=O) groups is 1. The standard InChI is InChI=1S/C23H22F2N6O2/c1-15-11-28-21(29-14-23(24,25)16-5-3-2-4-6-16)22(33)31(15)13-20(32)27-12-17-7-8-18-19(30-17)9-10-26-18/h2-11,26H,12-14H2,1H3,(H,27,32)(H,28,29). The van der Waals surface area contributed by atoms with Crippen LogP contribution in [-0.2, 0) is 23.8 Å². The molecule has 8 nitrogen and oxygen atoms in total. The van der Waals surface area contributed by atoms with E-state index < -0.39 is 23.9 Å². The second-order valence-electron chi connectivity index (χ2n) is 7.55. The van der Waals surface area contributed by atoms with Crippen LogP contribution in [0.15, 0.2) is 65.7 Å². The van der Waals surface area contributed by atoms with Gasteiger partial charge in [0.15, 0.2) is 5.82 Å². The lowest BCUT2D eigenvalue weighted by atomic mass is 10.1. The van der Waals surface area contributed by atoms with E-state index in [-0.39, 0.29) is 24.5 Å². The number of alkyl halides is 2. The number of carbonyl (C=O) groups excluding carboxylic acids is 1. The van der Waals surface area contributed by atoms with Crippen LogP contribution in [0.1, 0.15) is 17.0 Å². The van der Waals surface area contributed by atoms with Crippen LogP contribution in [0, 0.1) is 6.92 Å². The van der Waals surface area contributed by atoms with Gasteiger partial charge in [0.1, 0.15) is 6.54 Å². The third-order valence-electron chi connectivity index (χ3n) is 5.16. The van der Waals surface area contributed by atoms with Crippen molar-refractivity contribution in [1.29, 1.82) is 0 Å². The normalized spacial score (nSPS) is 11.5. The molecule has 0 aliphatic heterocycles. The first-order valence-electron chi connectivity index (χ1n) is 10.3. The third-order valence-corrected chi connectivity index (χ3v) is 5.16. The van der Waals surface area contributed by atoms with Gasteiger partial charge in [0.05, 0.1) is 29.8 Å². The molecule has 0 aliphatic rings. The Hall–Kier alpha value is -4.08. The summed E-state index contributed by atoms with van der Waals surface area (Å²) in [5.41, 5.74) is 1.95. The Morgan fingerprint density at radius 3 is 2.73 bits per heavy atom. The van der Waals surface area contributed by atoms with Crippen LogP contribution in [0.5, 0.6) is 0 Å². The predicted octanol–water partition coefficient (Wildman–Crippen LogP) is 2.95. The second kappa shape index (κ2) is 9.19. The van der Waals surface area contributed by atoms with Crippen LogP contribution in [0.4, 0.5) is 14.6 Å². The Bertz CT molecular complexity index is 1330. The van der Waals surface area contributed by atoms with Crippen molar-refractivity contribution in [3.63, 3.8) is 0 Å². The molecule has 3 heterocycles. The molecule has 4 aromatic rings. The van der Waals surface area contributed by atoms with E-state index in [1.807, 2.05) is 12.1 Å². The second-order valence-corrected chi connectivity index (χ2v) is 7.55. The minimum Gasteiger partial charge on any atom is -0.360 e. The molecule has 0 saturated carbocycles. The van der Waals surface area contributed by atoms with Gasteiger partial charge in [0, 0.05) is 23.7 Å². The Balaban J connectivity index is 1.41. The van der Waals surface area contributed by atoms with E-state index >= 15 is 0 Å². The largest absolute Gasteiger partial charge is 0.360 e. The van der Waals surface area contributed by atoms with Crippen molar-refractivity contribution in [2.24, 2.45) is 0 Å². The fourth-order valence-electron chi connectivity index (χ4n) is 3.33. The maximum atomic E-state index is 14.4. The first-order chi connectivity index (χ1) is 15.8.